The lowest BCUT2D eigenvalue weighted by atomic mass is 9.82. The molecule has 8 N–H and O–H groups in total. The molecule has 0 aliphatic rings. The van der Waals surface area contributed by atoms with Crippen LogP contribution in [0.1, 0.15) is 43.0 Å². The van der Waals surface area contributed by atoms with Gasteiger partial charge in [0.1, 0.15) is 0 Å². The second kappa shape index (κ2) is 20.3. The molecule has 0 saturated heterocycles. The molecule has 6 rings (SSSR count). The Bertz CT molecular complexity index is 2550. The van der Waals surface area contributed by atoms with Crippen LogP contribution in [0.3, 0.4) is 0 Å². The molecule has 0 atom stereocenters. The minimum Gasteiger partial charge on any atom is -0.399 e. The number of rotatable bonds is 10. The average molecular weight is 995 g/mol. The molecular formula is C46H34F12N6O2S2. The van der Waals surface area contributed by atoms with Gasteiger partial charge in [-0.05, 0) is 97.2 Å². The summed E-state index contributed by atoms with van der Waals surface area (Å²) in [5.74, 6) is -12.6. The Morgan fingerprint density at radius 3 is 0.882 bits per heavy atom. The molecule has 0 radical (unpaired) electrons. The number of carbonyl (C=O) groups excluding carboxylic acids is 2. The molecule has 0 bridgehead atoms. The number of carbonyl (C=O) groups is 2. The maximum Gasteiger partial charge on any atom is 0.457 e. The van der Waals surface area contributed by atoms with Crippen molar-refractivity contribution in [1.82, 2.24) is 10.6 Å². The Kier molecular flexibility index (Phi) is 15.5. The van der Waals surface area contributed by atoms with E-state index in [2.05, 4.69) is 21.3 Å². The summed E-state index contributed by atoms with van der Waals surface area (Å²) in [5.41, 5.74) is -0.479. The van der Waals surface area contributed by atoms with E-state index < -0.39 is 69.6 Å². The van der Waals surface area contributed by atoms with Crippen LogP contribution in [-0.2, 0) is 11.3 Å². The second-order valence-corrected chi connectivity index (χ2v) is 15.2. The third-order valence-corrected chi connectivity index (χ3v) is 10.2. The van der Waals surface area contributed by atoms with Crippen molar-refractivity contribution in [3.05, 3.63) is 191 Å². The minimum atomic E-state index is -6.26. The zero-order valence-corrected chi connectivity index (χ0v) is 36.0. The van der Waals surface area contributed by atoms with Gasteiger partial charge in [0.15, 0.2) is 10.2 Å². The number of benzene rings is 6. The van der Waals surface area contributed by atoms with Crippen LogP contribution in [0.2, 0.25) is 0 Å². The molecule has 0 aliphatic carbocycles. The van der Waals surface area contributed by atoms with Crippen molar-refractivity contribution in [3.63, 3.8) is 0 Å². The fourth-order valence-corrected chi connectivity index (χ4v) is 6.72. The monoisotopic (exact) mass is 994 g/mol. The van der Waals surface area contributed by atoms with Crippen molar-refractivity contribution in [1.29, 1.82) is 0 Å². The van der Waals surface area contributed by atoms with Crippen LogP contribution in [0.5, 0.6) is 0 Å². The number of nitrogens with two attached hydrogens (primary N) is 2. The summed E-state index contributed by atoms with van der Waals surface area (Å²) < 4.78 is 169. The first-order valence-corrected chi connectivity index (χ1v) is 20.1. The Labute approximate surface area is 389 Å². The first-order chi connectivity index (χ1) is 31.7. The highest BCUT2D eigenvalue weighted by molar-refractivity contribution is 7.80. The minimum absolute atomic E-state index is 0.0837. The Hall–Kier alpha value is -7.20. The zero-order valence-electron chi connectivity index (χ0n) is 34.3. The van der Waals surface area contributed by atoms with E-state index in [9.17, 15) is 53.5 Å². The summed E-state index contributed by atoms with van der Waals surface area (Å²) >= 11 is 10.1. The fourth-order valence-electron chi connectivity index (χ4n) is 6.30. The lowest BCUT2D eigenvalue weighted by Crippen LogP contribution is -2.53. The van der Waals surface area contributed by atoms with Crippen molar-refractivity contribution < 1.29 is 62.3 Å². The van der Waals surface area contributed by atoms with Gasteiger partial charge in [-0.2, -0.15) is 43.9 Å². The van der Waals surface area contributed by atoms with Crippen LogP contribution in [0.4, 0.5) is 75.4 Å². The zero-order chi connectivity index (χ0) is 50.3. The van der Waals surface area contributed by atoms with Crippen LogP contribution in [0, 0.1) is 0 Å². The number of thiocarbonyl (C=S) groups is 2. The number of nitrogens with one attached hydrogen (secondary N) is 4. The number of hydrogen-bond donors (Lipinski definition) is 6. The van der Waals surface area contributed by atoms with Gasteiger partial charge in [0.25, 0.3) is 11.8 Å². The number of hydrogen-bond acceptors (Lipinski definition) is 6. The van der Waals surface area contributed by atoms with Crippen molar-refractivity contribution in [2.75, 3.05) is 22.1 Å². The van der Waals surface area contributed by atoms with Crippen molar-refractivity contribution in [2.45, 2.75) is 35.5 Å². The summed E-state index contributed by atoms with van der Waals surface area (Å²) in [5, 5.41) is 9.61. The average Bonchev–Trinajstić information content (AvgIpc) is 3.29. The largest absolute Gasteiger partial charge is 0.457 e. The van der Waals surface area contributed by atoms with Crippen molar-refractivity contribution in [2.24, 2.45) is 0 Å². The van der Waals surface area contributed by atoms with Crippen LogP contribution < -0.4 is 32.7 Å². The molecule has 6 aromatic rings. The predicted octanol–water partition coefficient (Wildman–Crippen LogP) is 11.6. The van der Waals surface area contributed by atoms with E-state index in [4.69, 9.17) is 35.9 Å². The first-order valence-electron chi connectivity index (χ1n) is 19.3. The summed E-state index contributed by atoms with van der Waals surface area (Å²) in [6, 6.07) is 30.7. The number of anilines is 4. The van der Waals surface area contributed by atoms with Crippen LogP contribution >= 0.6 is 24.4 Å². The smallest absolute Gasteiger partial charge is 0.399 e. The first kappa shape index (κ1) is 51.8. The highest BCUT2D eigenvalue weighted by Gasteiger charge is 2.73. The normalized spacial score (nSPS) is 12.2. The molecule has 0 fully saturated rings. The maximum absolute atomic E-state index is 16.4. The number of amides is 2. The van der Waals surface area contributed by atoms with E-state index in [1.807, 2.05) is 0 Å². The molecule has 356 valence electrons. The second-order valence-electron chi connectivity index (χ2n) is 14.4. The van der Waals surface area contributed by atoms with Gasteiger partial charge in [0.05, 0.1) is 0 Å². The van der Waals surface area contributed by atoms with E-state index in [1.54, 1.807) is 36.4 Å². The molecule has 68 heavy (non-hydrogen) atoms. The van der Waals surface area contributed by atoms with Gasteiger partial charge in [-0.25, -0.2) is 8.78 Å². The summed E-state index contributed by atoms with van der Waals surface area (Å²) in [6.07, 6.45) is -12.4. The van der Waals surface area contributed by atoms with E-state index in [-0.39, 0.29) is 33.0 Å². The van der Waals surface area contributed by atoms with E-state index in [1.165, 1.54) is 24.3 Å². The van der Waals surface area contributed by atoms with E-state index >= 15 is 8.78 Å². The molecule has 6 aromatic carbocycles. The fraction of sp³-hybridized carbons (Fsp3) is 0.130. The standard InChI is InChI=1S/C31H22F6N4O2S2.C15H12F6N2/c32-29(30(33,34)31(35,36)37,21-11-15-23(16-12-21)38-27(44)40-25(42)19-7-3-1-4-8-19)22-13-17-24(18-14-22)39-28(45)41-26(43)20-9-5-2-6-10-20;16-13(14(17,18)15(19,20)21,9-1-5-11(22)6-2-9)10-3-7-12(23)8-4-10/h1-18H,(H2,38,40,42,44)(H2,39,41,43,45);1-8H,22-23H2. The van der Waals surface area contributed by atoms with Gasteiger partial charge in [0, 0.05) is 56.1 Å². The molecule has 8 nitrogen and oxygen atoms in total. The highest BCUT2D eigenvalue weighted by atomic mass is 32.1. The predicted molar refractivity (Wildman–Crippen MR) is 241 cm³/mol. The maximum atomic E-state index is 16.4. The third kappa shape index (κ3) is 11.1. The molecule has 0 aliphatic heterocycles. The van der Waals surface area contributed by atoms with Crippen molar-refractivity contribution >= 4 is 69.2 Å². The molecule has 0 aromatic heterocycles. The lowest BCUT2D eigenvalue weighted by molar-refractivity contribution is -0.323. The number of halogens is 12. The van der Waals surface area contributed by atoms with Crippen LogP contribution in [-0.4, -0.2) is 46.2 Å². The van der Waals surface area contributed by atoms with Gasteiger partial charge in [-0.15, -0.1) is 0 Å². The number of alkyl halides is 12. The summed E-state index contributed by atoms with van der Waals surface area (Å²) in [7, 11) is 0. The third-order valence-electron chi connectivity index (χ3n) is 9.80. The van der Waals surface area contributed by atoms with Gasteiger partial charge in [0.2, 0.25) is 11.3 Å². The quantitative estimate of drug-likeness (QED) is 0.0454. The lowest BCUT2D eigenvalue weighted by Gasteiger charge is -2.35. The van der Waals surface area contributed by atoms with Gasteiger partial charge in [-0.1, -0.05) is 84.9 Å². The molecule has 0 saturated carbocycles. The molecular weight excluding hydrogens is 961 g/mol. The van der Waals surface area contributed by atoms with E-state index in [0.717, 1.165) is 97.1 Å². The molecule has 0 heterocycles. The Morgan fingerprint density at radius 2 is 0.632 bits per heavy atom. The molecule has 0 spiro atoms. The molecule has 22 heteroatoms. The Balaban J connectivity index is 0.000000314. The van der Waals surface area contributed by atoms with Crippen molar-refractivity contribution in [3.8, 4) is 0 Å². The highest BCUT2D eigenvalue weighted by Crippen LogP contribution is 2.56. The van der Waals surface area contributed by atoms with E-state index in [0.29, 0.717) is 11.1 Å². The number of nitrogen functional groups attached to an aromatic ring is 2. The Morgan fingerprint density at radius 1 is 0.382 bits per heavy atom. The molecule has 0 unspecified atom stereocenters. The van der Waals surface area contributed by atoms with Gasteiger partial charge >= 0.3 is 24.2 Å². The van der Waals surface area contributed by atoms with Gasteiger partial charge in [-0.3, -0.25) is 20.2 Å². The van der Waals surface area contributed by atoms with Crippen LogP contribution in [0.15, 0.2) is 158 Å². The summed E-state index contributed by atoms with van der Waals surface area (Å²) in [4.78, 5) is 24.5. The molecule has 2 amide bonds. The SMILES string of the molecule is Nc1ccc(C(F)(c2ccc(N)cc2)C(F)(F)C(F)(F)F)cc1.O=C(NC(=S)Nc1ccc(C(F)(c2ccc(NC(=S)NC(=O)c3ccccc3)cc2)C(F)(F)C(F)(F)F)cc1)c1ccccc1. The van der Waals surface area contributed by atoms with Crippen LogP contribution in [0.25, 0.3) is 0 Å². The summed E-state index contributed by atoms with van der Waals surface area (Å²) in [6.45, 7) is 0. The van der Waals surface area contributed by atoms with Gasteiger partial charge < -0.3 is 22.1 Å². The topological polar surface area (TPSA) is 134 Å².